The van der Waals surface area contributed by atoms with Crippen LogP contribution in [-0.4, -0.2) is 31.6 Å². The zero-order valence-corrected chi connectivity index (χ0v) is 11.0. The molecule has 0 saturated carbocycles. The third-order valence-electron chi connectivity index (χ3n) is 2.47. The number of primary amides is 1. The molecule has 0 aromatic heterocycles. The standard InChI is InChI=1S/C13H18N2O4/c1-3-11(13(17)18-2)15-9-4-6-10(7-5-9)19-8-12(14)16/h4-7,11,15H,3,8H2,1-2H3,(H2,14,16). The maximum absolute atomic E-state index is 11.4. The molecule has 1 aromatic rings. The highest BCUT2D eigenvalue weighted by Crippen LogP contribution is 2.17. The van der Waals surface area contributed by atoms with Crippen LogP contribution in [0.1, 0.15) is 13.3 Å². The Morgan fingerprint density at radius 1 is 1.32 bits per heavy atom. The first-order valence-corrected chi connectivity index (χ1v) is 5.92. The van der Waals surface area contributed by atoms with E-state index in [1.165, 1.54) is 7.11 Å². The predicted molar refractivity (Wildman–Crippen MR) is 70.8 cm³/mol. The number of anilines is 1. The van der Waals surface area contributed by atoms with Crippen molar-refractivity contribution < 1.29 is 19.1 Å². The summed E-state index contributed by atoms with van der Waals surface area (Å²) >= 11 is 0. The Morgan fingerprint density at radius 2 is 1.95 bits per heavy atom. The average molecular weight is 266 g/mol. The summed E-state index contributed by atoms with van der Waals surface area (Å²) in [4.78, 5) is 22.0. The third kappa shape index (κ3) is 4.87. The minimum atomic E-state index is -0.529. The van der Waals surface area contributed by atoms with Gasteiger partial charge in [-0.3, -0.25) is 4.79 Å². The van der Waals surface area contributed by atoms with E-state index in [0.29, 0.717) is 12.2 Å². The summed E-state index contributed by atoms with van der Waals surface area (Å²) < 4.78 is 9.81. The molecule has 6 nitrogen and oxygen atoms in total. The minimum Gasteiger partial charge on any atom is -0.484 e. The molecule has 0 aliphatic rings. The van der Waals surface area contributed by atoms with Gasteiger partial charge in [-0.15, -0.1) is 0 Å². The lowest BCUT2D eigenvalue weighted by Gasteiger charge is -2.16. The molecule has 19 heavy (non-hydrogen) atoms. The number of amides is 1. The van der Waals surface area contributed by atoms with Gasteiger partial charge in [0, 0.05) is 5.69 Å². The quantitative estimate of drug-likeness (QED) is 0.716. The SMILES string of the molecule is CCC(Nc1ccc(OCC(N)=O)cc1)C(=O)OC. The van der Waals surface area contributed by atoms with Crippen molar-refractivity contribution in [3.8, 4) is 5.75 Å². The van der Waals surface area contributed by atoms with E-state index in [1.54, 1.807) is 24.3 Å². The molecule has 0 heterocycles. The molecule has 0 saturated heterocycles. The van der Waals surface area contributed by atoms with Gasteiger partial charge < -0.3 is 20.5 Å². The van der Waals surface area contributed by atoms with Gasteiger partial charge in [-0.05, 0) is 30.7 Å². The number of benzene rings is 1. The number of carbonyl (C=O) groups is 2. The Hall–Kier alpha value is -2.24. The van der Waals surface area contributed by atoms with Crippen molar-refractivity contribution in [2.45, 2.75) is 19.4 Å². The summed E-state index contributed by atoms with van der Waals surface area (Å²) in [6, 6.07) is 6.50. The van der Waals surface area contributed by atoms with Crippen LogP contribution in [0.15, 0.2) is 24.3 Å². The van der Waals surface area contributed by atoms with Gasteiger partial charge in [0.15, 0.2) is 6.61 Å². The van der Waals surface area contributed by atoms with Crippen molar-refractivity contribution in [2.24, 2.45) is 5.73 Å². The van der Waals surface area contributed by atoms with E-state index in [1.807, 2.05) is 6.92 Å². The van der Waals surface area contributed by atoms with Crippen LogP contribution in [0.25, 0.3) is 0 Å². The van der Waals surface area contributed by atoms with E-state index in [9.17, 15) is 9.59 Å². The van der Waals surface area contributed by atoms with Gasteiger partial charge in [0.1, 0.15) is 11.8 Å². The van der Waals surface area contributed by atoms with Gasteiger partial charge >= 0.3 is 5.97 Å². The van der Waals surface area contributed by atoms with E-state index in [-0.39, 0.29) is 18.6 Å². The molecule has 0 spiro atoms. The summed E-state index contributed by atoms with van der Waals surface area (Å²) in [5.74, 6) is -0.300. The molecule has 0 radical (unpaired) electrons. The predicted octanol–water partition coefficient (Wildman–Crippen LogP) is 0.914. The number of rotatable bonds is 7. The molecule has 0 fully saturated rings. The van der Waals surface area contributed by atoms with E-state index in [0.717, 1.165) is 5.69 Å². The molecule has 104 valence electrons. The minimum absolute atomic E-state index is 0.160. The smallest absolute Gasteiger partial charge is 0.328 e. The van der Waals surface area contributed by atoms with Crippen LogP contribution in [0.4, 0.5) is 5.69 Å². The fraction of sp³-hybridized carbons (Fsp3) is 0.385. The molecular formula is C13H18N2O4. The number of nitrogens with two attached hydrogens (primary N) is 1. The van der Waals surface area contributed by atoms with Crippen molar-refractivity contribution in [2.75, 3.05) is 19.0 Å². The van der Waals surface area contributed by atoms with Crippen LogP contribution in [0.5, 0.6) is 5.75 Å². The number of nitrogens with one attached hydrogen (secondary N) is 1. The Labute approximate surface area is 111 Å². The highest BCUT2D eigenvalue weighted by Gasteiger charge is 2.16. The number of hydrogen-bond donors (Lipinski definition) is 2. The van der Waals surface area contributed by atoms with Crippen LogP contribution in [0.2, 0.25) is 0 Å². The monoisotopic (exact) mass is 266 g/mol. The van der Waals surface area contributed by atoms with Crippen molar-refractivity contribution >= 4 is 17.6 Å². The number of hydrogen-bond acceptors (Lipinski definition) is 5. The van der Waals surface area contributed by atoms with Gasteiger partial charge in [0.25, 0.3) is 5.91 Å². The lowest BCUT2D eigenvalue weighted by atomic mass is 10.2. The van der Waals surface area contributed by atoms with Crippen molar-refractivity contribution in [1.29, 1.82) is 0 Å². The van der Waals surface area contributed by atoms with Crippen LogP contribution >= 0.6 is 0 Å². The molecular weight excluding hydrogens is 248 g/mol. The molecule has 1 rings (SSSR count). The topological polar surface area (TPSA) is 90.6 Å². The van der Waals surface area contributed by atoms with E-state index < -0.39 is 5.91 Å². The second-order valence-corrected chi connectivity index (χ2v) is 3.91. The maximum Gasteiger partial charge on any atom is 0.328 e. The molecule has 3 N–H and O–H groups in total. The van der Waals surface area contributed by atoms with Gasteiger partial charge in [-0.1, -0.05) is 6.92 Å². The van der Waals surface area contributed by atoms with Crippen molar-refractivity contribution in [3.05, 3.63) is 24.3 Å². The first kappa shape index (κ1) is 14.8. The first-order chi connectivity index (χ1) is 9.06. The average Bonchev–Trinajstić information content (AvgIpc) is 2.42. The molecule has 1 amide bonds. The summed E-state index contributed by atoms with van der Waals surface area (Å²) in [5.41, 5.74) is 5.74. The third-order valence-corrected chi connectivity index (χ3v) is 2.47. The highest BCUT2D eigenvalue weighted by atomic mass is 16.5. The van der Waals surface area contributed by atoms with Gasteiger partial charge in [0.05, 0.1) is 7.11 Å². The van der Waals surface area contributed by atoms with E-state index in [2.05, 4.69) is 10.1 Å². The first-order valence-electron chi connectivity index (χ1n) is 5.92. The number of esters is 1. The van der Waals surface area contributed by atoms with Crippen LogP contribution in [0, 0.1) is 0 Å². The lowest BCUT2D eigenvalue weighted by molar-refractivity contribution is -0.141. The van der Waals surface area contributed by atoms with Gasteiger partial charge in [-0.25, -0.2) is 4.79 Å². The van der Waals surface area contributed by atoms with Crippen LogP contribution < -0.4 is 15.8 Å². The van der Waals surface area contributed by atoms with Gasteiger partial charge in [-0.2, -0.15) is 0 Å². The zero-order chi connectivity index (χ0) is 14.3. The number of methoxy groups -OCH3 is 1. The summed E-state index contributed by atoms with van der Waals surface area (Å²) in [7, 11) is 1.35. The summed E-state index contributed by atoms with van der Waals surface area (Å²) in [6.07, 6.45) is 0.618. The fourth-order valence-corrected chi connectivity index (χ4v) is 1.47. The van der Waals surface area contributed by atoms with E-state index >= 15 is 0 Å². The second-order valence-electron chi connectivity index (χ2n) is 3.91. The van der Waals surface area contributed by atoms with Crippen molar-refractivity contribution in [3.63, 3.8) is 0 Å². The van der Waals surface area contributed by atoms with E-state index in [4.69, 9.17) is 10.5 Å². The summed E-state index contributed by atoms with van der Waals surface area (Å²) in [5, 5.41) is 3.05. The molecule has 0 aliphatic heterocycles. The highest BCUT2D eigenvalue weighted by molar-refractivity contribution is 5.79. The molecule has 1 unspecified atom stereocenters. The lowest BCUT2D eigenvalue weighted by Crippen LogP contribution is -2.29. The van der Waals surface area contributed by atoms with Gasteiger partial charge in [0.2, 0.25) is 0 Å². The number of ether oxygens (including phenoxy) is 2. The Bertz CT molecular complexity index is 431. The van der Waals surface area contributed by atoms with Crippen LogP contribution in [0.3, 0.4) is 0 Å². The Morgan fingerprint density at radius 3 is 2.42 bits per heavy atom. The fourth-order valence-electron chi connectivity index (χ4n) is 1.47. The molecule has 1 atom stereocenters. The Balaban J connectivity index is 2.60. The number of carbonyl (C=O) groups excluding carboxylic acids is 2. The Kier molecular flexibility index (Phi) is 5.66. The molecule has 0 aliphatic carbocycles. The van der Waals surface area contributed by atoms with Crippen LogP contribution in [-0.2, 0) is 14.3 Å². The van der Waals surface area contributed by atoms with Crippen molar-refractivity contribution in [1.82, 2.24) is 0 Å². The summed E-state index contributed by atoms with van der Waals surface area (Å²) in [6.45, 7) is 1.73. The maximum atomic E-state index is 11.4. The molecule has 0 bridgehead atoms. The molecule has 1 aromatic carbocycles. The normalized spacial score (nSPS) is 11.5. The largest absolute Gasteiger partial charge is 0.484 e. The second kappa shape index (κ2) is 7.25. The zero-order valence-electron chi connectivity index (χ0n) is 11.0. The molecule has 6 heteroatoms.